The predicted octanol–water partition coefficient (Wildman–Crippen LogP) is 1.49. The number of fused-ring (bicyclic) bond motifs is 1. The molecule has 1 aromatic carbocycles. The van der Waals surface area contributed by atoms with Gasteiger partial charge in [-0.2, -0.15) is 9.61 Å². The van der Waals surface area contributed by atoms with Crippen LogP contribution >= 0.6 is 11.3 Å². The number of nitrogens with one attached hydrogen (secondary N) is 1. The number of carbonyl (C=O) groups is 1. The molecule has 0 saturated carbocycles. The van der Waals surface area contributed by atoms with Crippen molar-refractivity contribution in [3.05, 3.63) is 41.2 Å². The Hall–Kier alpha value is -2.48. The molecule has 3 aromatic rings. The zero-order chi connectivity index (χ0) is 16.1. The van der Waals surface area contributed by atoms with E-state index >= 15 is 0 Å². The SMILES string of the molecule is COc1ccccc1CCNC(=O)CCc1nn2cnnc2s1. The van der Waals surface area contributed by atoms with Gasteiger partial charge in [0.05, 0.1) is 7.11 Å². The molecule has 2 aromatic heterocycles. The van der Waals surface area contributed by atoms with E-state index in [2.05, 4.69) is 20.6 Å². The van der Waals surface area contributed by atoms with Gasteiger partial charge in [0.2, 0.25) is 10.9 Å². The molecule has 0 bridgehead atoms. The van der Waals surface area contributed by atoms with E-state index in [1.165, 1.54) is 11.3 Å². The van der Waals surface area contributed by atoms with Crippen LogP contribution in [0.4, 0.5) is 0 Å². The third kappa shape index (κ3) is 3.84. The molecule has 120 valence electrons. The fraction of sp³-hybridized carbons (Fsp3) is 0.333. The molecule has 0 aliphatic carbocycles. The van der Waals surface area contributed by atoms with Crippen LogP contribution in [0.1, 0.15) is 17.0 Å². The minimum absolute atomic E-state index is 0.0193. The lowest BCUT2D eigenvalue weighted by Gasteiger charge is -2.08. The van der Waals surface area contributed by atoms with E-state index in [9.17, 15) is 4.79 Å². The Labute approximate surface area is 137 Å². The number of benzene rings is 1. The number of ether oxygens (including phenoxy) is 1. The molecule has 0 radical (unpaired) electrons. The summed E-state index contributed by atoms with van der Waals surface area (Å²) in [7, 11) is 1.65. The highest BCUT2D eigenvalue weighted by atomic mass is 32.1. The lowest BCUT2D eigenvalue weighted by Crippen LogP contribution is -2.26. The van der Waals surface area contributed by atoms with Gasteiger partial charge in [0.25, 0.3) is 0 Å². The van der Waals surface area contributed by atoms with E-state index < -0.39 is 0 Å². The van der Waals surface area contributed by atoms with Gasteiger partial charge in [-0.25, -0.2) is 0 Å². The standard InChI is InChI=1S/C15H17N5O2S/c1-22-12-5-3-2-4-11(12)8-9-16-13(21)6-7-14-19-20-10-17-18-15(20)23-14/h2-5,10H,6-9H2,1H3,(H,16,21). The first-order chi connectivity index (χ1) is 11.3. The molecule has 3 rings (SSSR count). The maximum atomic E-state index is 11.9. The summed E-state index contributed by atoms with van der Waals surface area (Å²) in [6.45, 7) is 0.588. The Morgan fingerprint density at radius 2 is 2.22 bits per heavy atom. The van der Waals surface area contributed by atoms with Crippen molar-refractivity contribution in [3.8, 4) is 5.75 Å². The molecule has 1 N–H and O–H groups in total. The summed E-state index contributed by atoms with van der Waals surface area (Å²) >= 11 is 1.45. The van der Waals surface area contributed by atoms with Crippen LogP contribution in [-0.2, 0) is 17.6 Å². The van der Waals surface area contributed by atoms with Gasteiger partial charge in [0.15, 0.2) is 0 Å². The number of aryl methyl sites for hydroxylation is 1. The maximum Gasteiger partial charge on any atom is 0.234 e. The zero-order valence-electron chi connectivity index (χ0n) is 12.7. The van der Waals surface area contributed by atoms with Crippen LogP contribution in [-0.4, -0.2) is 39.4 Å². The number of amides is 1. The summed E-state index contributed by atoms with van der Waals surface area (Å²) in [5, 5.41) is 15.8. The molecular weight excluding hydrogens is 314 g/mol. The van der Waals surface area contributed by atoms with Crippen LogP contribution in [0, 0.1) is 0 Å². The second-order valence-corrected chi connectivity index (χ2v) is 6.01. The number of nitrogens with zero attached hydrogens (tertiary/aromatic N) is 4. The molecule has 0 unspecified atom stereocenters. The fourth-order valence-corrected chi connectivity index (χ4v) is 3.07. The number of methoxy groups -OCH3 is 1. The first-order valence-corrected chi connectivity index (χ1v) is 8.12. The predicted molar refractivity (Wildman–Crippen MR) is 86.7 cm³/mol. The van der Waals surface area contributed by atoms with Crippen molar-refractivity contribution in [2.24, 2.45) is 0 Å². The van der Waals surface area contributed by atoms with Gasteiger partial charge >= 0.3 is 0 Å². The molecule has 0 aliphatic heterocycles. The highest BCUT2D eigenvalue weighted by Gasteiger charge is 2.08. The molecular formula is C15H17N5O2S. The minimum Gasteiger partial charge on any atom is -0.496 e. The Morgan fingerprint density at radius 3 is 3.04 bits per heavy atom. The number of rotatable bonds is 7. The van der Waals surface area contributed by atoms with Gasteiger partial charge in [-0.15, -0.1) is 10.2 Å². The smallest absolute Gasteiger partial charge is 0.234 e. The van der Waals surface area contributed by atoms with Crippen molar-refractivity contribution >= 4 is 22.2 Å². The average molecular weight is 331 g/mol. The number of carbonyl (C=O) groups excluding carboxylic acids is 1. The average Bonchev–Trinajstić information content (AvgIpc) is 3.15. The van der Waals surface area contributed by atoms with Crippen LogP contribution in [0.2, 0.25) is 0 Å². The third-order valence-electron chi connectivity index (χ3n) is 3.40. The Balaban J connectivity index is 1.43. The van der Waals surface area contributed by atoms with E-state index in [4.69, 9.17) is 4.74 Å². The number of para-hydroxylation sites is 1. The Kier molecular flexibility index (Phi) is 4.82. The molecule has 0 spiro atoms. The quantitative estimate of drug-likeness (QED) is 0.709. The van der Waals surface area contributed by atoms with Crippen LogP contribution in [0.15, 0.2) is 30.6 Å². The summed E-state index contributed by atoms with van der Waals surface area (Å²) in [4.78, 5) is 12.7. The minimum atomic E-state index is 0.0193. The second kappa shape index (κ2) is 7.19. The van der Waals surface area contributed by atoms with Gasteiger partial charge in [-0.05, 0) is 18.1 Å². The monoisotopic (exact) mass is 331 g/mol. The highest BCUT2D eigenvalue weighted by Crippen LogP contribution is 2.17. The zero-order valence-corrected chi connectivity index (χ0v) is 13.5. The molecule has 2 heterocycles. The Morgan fingerprint density at radius 1 is 1.35 bits per heavy atom. The molecule has 8 heteroatoms. The largest absolute Gasteiger partial charge is 0.496 e. The van der Waals surface area contributed by atoms with E-state index in [0.29, 0.717) is 19.4 Å². The van der Waals surface area contributed by atoms with E-state index in [1.807, 2.05) is 24.3 Å². The number of hydrogen-bond donors (Lipinski definition) is 1. The molecule has 0 saturated heterocycles. The van der Waals surface area contributed by atoms with E-state index in [-0.39, 0.29) is 5.91 Å². The molecule has 0 fully saturated rings. The fourth-order valence-electron chi connectivity index (χ4n) is 2.26. The van der Waals surface area contributed by atoms with Crippen molar-refractivity contribution in [1.29, 1.82) is 0 Å². The molecule has 23 heavy (non-hydrogen) atoms. The third-order valence-corrected chi connectivity index (χ3v) is 4.38. The van der Waals surface area contributed by atoms with Gasteiger partial charge in [0, 0.05) is 19.4 Å². The van der Waals surface area contributed by atoms with Crippen molar-refractivity contribution in [2.45, 2.75) is 19.3 Å². The van der Waals surface area contributed by atoms with Gasteiger partial charge in [0.1, 0.15) is 17.1 Å². The Bertz CT molecular complexity index is 769. The molecule has 0 aliphatic rings. The van der Waals surface area contributed by atoms with Crippen LogP contribution in [0.5, 0.6) is 5.75 Å². The molecule has 1 amide bonds. The first kappa shape index (κ1) is 15.4. The number of hydrogen-bond acceptors (Lipinski definition) is 6. The first-order valence-electron chi connectivity index (χ1n) is 7.30. The summed E-state index contributed by atoms with van der Waals surface area (Å²) in [5.41, 5.74) is 1.09. The maximum absolute atomic E-state index is 11.9. The van der Waals surface area contributed by atoms with Crippen LogP contribution in [0.3, 0.4) is 0 Å². The summed E-state index contributed by atoms with van der Waals surface area (Å²) in [5.74, 6) is 0.868. The van der Waals surface area contributed by atoms with E-state index in [1.54, 1.807) is 18.0 Å². The second-order valence-electron chi connectivity index (χ2n) is 4.97. The van der Waals surface area contributed by atoms with Gasteiger partial charge < -0.3 is 10.1 Å². The normalized spacial score (nSPS) is 10.8. The summed E-state index contributed by atoms with van der Waals surface area (Å²) in [6.07, 6.45) is 3.32. The van der Waals surface area contributed by atoms with Crippen molar-refractivity contribution in [1.82, 2.24) is 25.1 Å². The lowest BCUT2D eigenvalue weighted by atomic mass is 10.1. The summed E-state index contributed by atoms with van der Waals surface area (Å²) < 4.78 is 6.92. The van der Waals surface area contributed by atoms with Crippen molar-refractivity contribution in [2.75, 3.05) is 13.7 Å². The van der Waals surface area contributed by atoms with E-state index in [0.717, 1.165) is 27.7 Å². The van der Waals surface area contributed by atoms with Gasteiger partial charge in [-0.3, -0.25) is 4.79 Å². The summed E-state index contributed by atoms with van der Waals surface area (Å²) in [6, 6.07) is 7.82. The van der Waals surface area contributed by atoms with Crippen molar-refractivity contribution in [3.63, 3.8) is 0 Å². The van der Waals surface area contributed by atoms with Gasteiger partial charge in [-0.1, -0.05) is 29.5 Å². The van der Waals surface area contributed by atoms with Crippen LogP contribution < -0.4 is 10.1 Å². The highest BCUT2D eigenvalue weighted by molar-refractivity contribution is 7.16. The topological polar surface area (TPSA) is 81.4 Å². The lowest BCUT2D eigenvalue weighted by molar-refractivity contribution is -0.121. The number of aromatic nitrogens is 4. The van der Waals surface area contributed by atoms with Crippen molar-refractivity contribution < 1.29 is 9.53 Å². The van der Waals surface area contributed by atoms with Crippen LogP contribution in [0.25, 0.3) is 4.96 Å². The molecule has 0 atom stereocenters. The molecule has 7 nitrogen and oxygen atoms in total.